The summed E-state index contributed by atoms with van der Waals surface area (Å²) in [5.74, 6) is 0.824. The molecule has 2 aliphatic rings. The fourth-order valence-corrected chi connectivity index (χ4v) is 2.43. The van der Waals surface area contributed by atoms with Gasteiger partial charge >= 0.3 is 0 Å². The fraction of sp³-hybridized carbons (Fsp3) is 0.188. The van der Waals surface area contributed by atoms with Crippen molar-refractivity contribution < 1.29 is 24.1 Å². The van der Waals surface area contributed by atoms with E-state index in [-0.39, 0.29) is 23.9 Å². The third kappa shape index (κ3) is 4.21. The van der Waals surface area contributed by atoms with Gasteiger partial charge in [0.1, 0.15) is 18.1 Å². The average Bonchev–Trinajstić information content (AvgIpc) is 2.67. The number of ether oxygens (including phenoxy) is 2. The van der Waals surface area contributed by atoms with E-state index in [9.17, 15) is 25.0 Å². The lowest BCUT2D eigenvalue weighted by molar-refractivity contribution is -0.385. The van der Waals surface area contributed by atoms with E-state index in [1.165, 1.54) is 30.3 Å². The molecule has 0 aromatic heterocycles. The number of nitrogens with one attached hydrogen (secondary N) is 2. The van der Waals surface area contributed by atoms with Crippen molar-refractivity contribution in [3.05, 3.63) is 56.6 Å². The molecule has 2 aromatic rings. The number of rotatable bonds is 2. The van der Waals surface area contributed by atoms with Crippen LogP contribution in [0.25, 0.3) is 0 Å². The Morgan fingerprint density at radius 3 is 2.11 bits per heavy atom. The summed E-state index contributed by atoms with van der Waals surface area (Å²) < 4.78 is 10.3. The highest BCUT2D eigenvalue weighted by atomic mass is 16.6. The maximum absolute atomic E-state index is 10.9. The first-order valence-corrected chi connectivity index (χ1v) is 7.80. The first-order valence-electron chi connectivity index (χ1n) is 7.80. The van der Waals surface area contributed by atoms with Gasteiger partial charge in [-0.3, -0.25) is 25.0 Å². The number of hydrogen-bond donors (Lipinski definition) is 2. The zero-order valence-electron chi connectivity index (χ0n) is 13.8. The zero-order chi connectivity index (χ0) is 19.4. The van der Waals surface area contributed by atoms with Crippen molar-refractivity contribution in [2.24, 2.45) is 0 Å². The molecule has 0 saturated carbocycles. The minimum absolute atomic E-state index is 0.0508. The van der Waals surface area contributed by atoms with Gasteiger partial charge in [0, 0.05) is 30.8 Å². The normalized spacial score (nSPS) is 13.9. The minimum atomic E-state index is -0.527. The molecule has 0 spiro atoms. The van der Waals surface area contributed by atoms with Gasteiger partial charge in [0.15, 0.2) is 6.61 Å². The van der Waals surface area contributed by atoms with Gasteiger partial charge in [-0.25, -0.2) is 0 Å². The van der Waals surface area contributed by atoms with Gasteiger partial charge in [0.2, 0.25) is 0 Å². The lowest BCUT2D eigenvalue weighted by Gasteiger charge is -2.18. The van der Waals surface area contributed by atoms with Gasteiger partial charge < -0.3 is 20.1 Å². The van der Waals surface area contributed by atoms with Crippen LogP contribution in [-0.2, 0) is 4.79 Å². The molecule has 11 heteroatoms. The maximum atomic E-state index is 10.9. The molecule has 1 amide bonds. The number of carbonyl (C=O) groups excluding carboxylic acids is 1. The second kappa shape index (κ2) is 7.56. The van der Waals surface area contributed by atoms with E-state index >= 15 is 0 Å². The molecular weight excluding hydrogens is 360 g/mol. The molecule has 0 radical (unpaired) electrons. The SMILES string of the molecule is O=C1COc2ccc([N+](=O)[O-])cc2N1.O=[N+]([O-])c1ccc2c(c1)NCCO2. The van der Waals surface area contributed by atoms with Crippen molar-refractivity contribution in [1.82, 2.24) is 0 Å². The number of hydrogen-bond acceptors (Lipinski definition) is 8. The summed E-state index contributed by atoms with van der Waals surface area (Å²) in [6.45, 7) is 1.24. The molecule has 0 fully saturated rings. The summed E-state index contributed by atoms with van der Waals surface area (Å²) in [5.41, 5.74) is 1.04. The second-order valence-electron chi connectivity index (χ2n) is 5.49. The summed E-state index contributed by atoms with van der Waals surface area (Å²) in [4.78, 5) is 30.8. The highest BCUT2D eigenvalue weighted by molar-refractivity contribution is 5.95. The Kier molecular flexibility index (Phi) is 5.01. The van der Waals surface area contributed by atoms with Crippen molar-refractivity contribution in [1.29, 1.82) is 0 Å². The number of anilines is 2. The van der Waals surface area contributed by atoms with Crippen LogP contribution in [0.4, 0.5) is 22.7 Å². The Morgan fingerprint density at radius 1 is 0.889 bits per heavy atom. The molecule has 2 aromatic carbocycles. The molecule has 2 aliphatic heterocycles. The van der Waals surface area contributed by atoms with Crippen LogP contribution < -0.4 is 20.1 Å². The third-order valence-corrected chi connectivity index (χ3v) is 3.66. The molecule has 0 aliphatic carbocycles. The topological polar surface area (TPSA) is 146 Å². The lowest BCUT2D eigenvalue weighted by Crippen LogP contribution is -2.25. The van der Waals surface area contributed by atoms with Crippen molar-refractivity contribution in [2.45, 2.75) is 0 Å². The zero-order valence-corrected chi connectivity index (χ0v) is 13.8. The smallest absolute Gasteiger partial charge is 0.271 e. The summed E-state index contributed by atoms with van der Waals surface area (Å²) >= 11 is 0. The van der Waals surface area contributed by atoms with E-state index in [0.717, 1.165) is 0 Å². The van der Waals surface area contributed by atoms with Crippen LogP contribution in [-0.4, -0.2) is 35.5 Å². The number of amides is 1. The number of fused-ring (bicyclic) bond motifs is 2. The number of nitrogens with zero attached hydrogens (tertiary/aromatic N) is 2. The predicted octanol–water partition coefficient (Wildman–Crippen LogP) is 2.32. The maximum Gasteiger partial charge on any atom is 0.271 e. The molecule has 11 nitrogen and oxygen atoms in total. The Bertz CT molecular complexity index is 916. The van der Waals surface area contributed by atoms with E-state index in [1.807, 2.05) is 0 Å². The van der Waals surface area contributed by atoms with Crippen molar-refractivity contribution in [3.63, 3.8) is 0 Å². The minimum Gasteiger partial charge on any atom is -0.490 e. The van der Waals surface area contributed by atoms with Gasteiger partial charge in [-0.05, 0) is 12.1 Å². The fourth-order valence-electron chi connectivity index (χ4n) is 2.43. The summed E-state index contributed by atoms with van der Waals surface area (Å²) in [6.07, 6.45) is 0. The van der Waals surface area contributed by atoms with Crippen molar-refractivity contribution in [2.75, 3.05) is 30.4 Å². The molecule has 0 unspecified atom stereocenters. The largest absolute Gasteiger partial charge is 0.490 e. The average molecular weight is 374 g/mol. The molecule has 140 valence electrons. The van der Waals surface area contributed by atoms with E-state index in [4.69, 9.17) is 9.47 Å². The first-order chi connectivity index (χ1) is 12.9. The van der Waals surface area contributed by atoms with Gasteiger partial charge in [-0.15, -0.1) is 0 Å². The molecular formula is C16H14N4O7. The van der Waals surface area contributed by atoms with Gasteiger partial charge in [0.05, 0.1) is 21.2 Å². The molecule has 27 heavy (non-hydrogen) atoms. The standard InChI is InChI=1S/C8H6N2O4.C8H8N2O3/c11-8-4-14-7-2-1-5(10(12)13)3-6(7)9-8;11-10(12)6-1-2-8-7(5-6)9-3-4-13-8/h1-3H,4H2,(H,9,11);1-2,5,9H,3-4H2. The lowest BCUT2D eigenvalue weighted by atomic mass is 10.2. The van der Waals surface area contributed by atoms with Crippen molar-refractivity contribution in [3.8, 4) is 11.5 Å². The van der Waals surface area contributed by atoms with Crippen LogP contribution >= 0.6 is 0 Å². The number of non-ortho nitro benzene ring substituents is 2. The second-order valence-corrected chi connectivity index (χ2v) is 5.49. The predicted molar refractivity (Wildman–Crippen MR) is 94.3 cm³/mol. The Hall–Kier alpha value is -3.89. The number of carbonyl (C=O) groups is 1. The molecule has 4 rings (SSSR count). The number of nitro benzene ring substituents is 2. The third-order valence-electron chi connectivity index (χ3n) is 3.66. The Morgan fingerprint density at radius 2 is 1.48 bits per heavy atom. The van der Waals surface area contributed by atoms with E-state index < -0.39 is 9.85 Å². The summed E-state index contributed by atoms with van der Waals surface area (Å²) in [6, 6.07) is 8.59. The van der Waals surface area contributed by atoms with Crippen LogP contribution in [0.3, 0.4) is 0 Å². The van der Waals surface area contributed by atoms with Crippen molar-refractivity contribution >= 4 is 28.7 Å². The monoisotopic (exact) mass is 374 g/mol. The van der Waals surface area contributed by atoms with Gasteiger partial charge in [-0.2, -0.15) is 0 Å². The quantitative estimate of drug-likeness (QED) is 0.601. The van der Waals surface area contributed by atoms with Gasteiger partial charge in [0.25, 0.3) is 17.3 Å². The summed E-state index contributed by atoms with van der Waals surface area (Å²) in [7, 11) is 0. The van der Waals surface area contributed by atoms with Crippen LogP contribution in [0.5, 0.6) is 11.5 Å². The molecule has 2 N–H and O–H groups in total. The highest BCUT2D eigenvalue weighted by Gasteiger charge is 2.18. The van der Waals surface area contributed by atoms with Crippen LogP contribution in [0.15, 0.2) is 36.4 Å². The molecule has 0 atom stereocenters. The highest BCUT2D eigenvalue weighted by Crippen LogP contribution is 2.31. The van der Waals surface area contributed by atoms with Crippen LogP contribution in [0.2, 0.25) is 0 Å². The van der Waals surface area contributed by atoms with E-state index in [0.29, 0.717) is 36.0 Å². The van der Waals surface area contributed by atoms with E-state index in [1.54, 1.807) is 6.07 Å². The summed E-state index contributed by atoms with van der Waals surface area (Å²) in [5, 5.41) is 26.4. The van der Waals surface area contributed by atoms with Crippen LogP contribution in [0, 0.1) is 20.2 Å². The number of benzene rings is 2. The Labute approximate surface area is 152 Å². The molecule has 0 saturated heterocycles. The van der Waals surface area contributed by atoms with E-state index in [2.05, 4.69) is 10.6 Å². The molecule has 0 bridgehead atoms. The van der Waals surface area contributed by atoms with Crippen LogP contribution in [0.1, 0.15) is 0 Å². The molecule has 2 heterocycles. The first kappa shape index (κ1) is 17.9. The Balaban J connectivity index is 0.000000156. The van der Waals surface area contributed by atoms with Gasteiger partial charge in [-0.1, -0.05) is 0 Å². The number of nitro groups is 2.